The van der Waals surface area contributed by atoms with Crippen LogP contribution in [0.15, 0.2) is 12.1 Å². The van der Waals surface area contributed by atoms with Crippen LogP contribution in [0.5, 0.6) is 0 Å². The van der Waals surface area contributed by atoms with E-state index in [9.17, 15) is 29.1 Å². The zero-order chi connectivity index (χ0) is 17.8. The van der Waals surface area contributed by atoms with Gasteiger partial charge in [0.05, 0.1) is 16.8 Å². The fourth-order valence-corrected chi connectivity index (χ4v) is 2.42. The van der Waals surface area contributed by atoms with Gasteiger partial charge < -0.3 is 20.3 Å². The molecule has 0 aromatic carbocycles. The Balaban J connectivity index is 0.00000225. The molecule has 0 unspecified atom stereocenters. The quantitative estimate of drug-likeness (QED) is 0.440. The number of hydrogen-bond donors (Lipinski definition) is 4. The van der Waals surface area contributed by atoms with Gasteiger partial charge in [0.25, 0.3) is 5.78 Å². The molecule has 122 valence electrons. The number of nitrogens with zero attached hydrogens (tertiary/aromatic N) is 1. The number of pyridine rings is 1. The van der Waals surface area contributed by atoms with Gasteiger partial charge in [0, 0.05) is 5.56 Å². The van der Waals surface area contributed by atoms with E-state index in [1.807, 2.05) is 0 Å². The van der Waals surface area contributed by atoms with Gasteiger partial charge in [-0.1, -0.05) is 0 Å². The molecule has 0 spiro atoms. The summed E-state index contributed by atoms with van der Waals surface area (Å²) < 4.78 is 0. The number of aromatic nitrogens is 2. The third-order valence-corrected chi connectivity index (χ3v) is 3.43. The number of fused-ring (bicyclic) bond motifs is 3. The number of H-pyrrole nitrogens is 1. The second kappa shape index (κ2) is 6.01. The van der Waals surface area contributed by atoms with Crippen molar-refractivity contribution in [3.63, 3.8) is 0 Å². The molecule has 0 saturated heterocycles. The molecule has 1 aliphatic rings. The van der Waals surface area contributed by atoms with E-state index in [2.05, 4.69) is 9.97 Å². The van der Waals surface area contributed by atoms with Crippen LogP contribution in [0.1, 0.15) is 52.2 Å². The Morgan fingerprint density at radius 1 is 0.920 bits per heavy atom. The molecule has 2 aromatic rings. The van der Waals surface area contributed by atoms with Gasteiger partial charge in [0.1, 0.15) is 17.1 Å². The Morgan fingerprint density at radius 3 is 2.08 bits per heavy atom. The van der Waals surface area contributed by atoms with Crippen LogP contribution in [0.2, 0.25) is 0 Å². The SMILES string of the molecule is O=C(O)c1cc(C(=O)O)c2c(n1)C(=O)C(=O)c1cc(C(=O)O)[nH]c1-2.[LiH]. The van der Waals surface area contributed by atoms with Crippen LogP contribution in [0.4, 0.5) is 0 Å². The summed E-state index contributed by atoms with van der Waals surface area (Å²) in [5, 5.41) is 27.3. The van der Waals surface area contributed by atoms with Crippen molar-refractivity contribution >= 4 is 48.3 Å². The third kappa shape index (κ3) is 2.63. The molecule has 2 aromatic heterocycles. The summed E-state index contributed by atoms with van der Waals surface area (Å²) in [4.78, 5) is 63.7. The molecule has 11 heteroatoms. The molecule has 0 amide bonds. The minimum atomic E-state index is -1.58. The van der Waals surface area contributed by atoms with E-state index in [0.29, 0.717) is 0 Å². The number of nitrogens with one attached hydrogen (secondary N) is 1. The van der Waals surface area contributed by atoms with E-state index in [-0.39, 0.29) is 35.7 Å². The van der Waals surface area contributed by atoms with E-state index in [1.165, 1.54) is 0 Å². The Bertz CT molecular complexity index is 991. The van der Waals surface area contributed by atoms with Crippen molar-refractivity contribution in [1.82, 2.24) is 9.97 Å². The molecule has 3 rings (SSSR count). The van der Waals surface area contributed by atoms with Gasteiger partial charge in [0.15, 0.2) is 0 Å². The van der Waals surface area contributed by atoms with E-state index >= 15 is 0 Å². The maximum absolute atomic E-state index is 12.1. The van der Waals surface area contributed by atoms with Crippen LogP contribution >= 0.6 is 0 Å². The average Bonchev–Trinajstić information content (AvgIpc) is 2.96. The summed E-state index contributed by atoms with van der Waals surface area (Å²) in [7, 11) is 0. The van der Waals surface area contributed by atoms with Gasteiger partial charge in [-0.05, 0) is 12.1 Å². The van der Waals surface area contributed by atoms with Crippen molar-refractivity contribution in [2.45, 2.75) is 0 Å². The van der Waals surface area contributed by atoms with E-state index in [0.717, 1.165) is 12.1 Å². The fraction of sp³-hybridized carbons (Fsp3) is 0. The molecule has 10 nitrogen and oxygen atoms in total. The number of rotatable bonds is 3. The summed E-state index contributed by atoms with van der Waals surface area (Å²) in [6.07, 6.45) is 0. The Kier molecular flexibility index (Phi) is 4.36. The molecular formula is C14H7LiN2O8. The van der Waals surface area contributed by atoms with Gasteiger partial charge in [0.2, 0.25) is 5.78 Å². The van der Waals surface area contributed by atoms with Crippen LogP contribution in [0.3, 0.4) is 0 Å². The fourth-order valence-electron chi connectivity index (χ4n) is 2.42. The summed E-state index contributed by atoms with van der Waals surface area (Å²) in [5.41, 5.74) is -3.21. The van der Waals surface area contributed by atoms with Crippen LogP contribution in [0, 0.1) is 0 Å². The second-order valence-electron chi connectivity index (χ2n) is 4.82. The molecular weight excluding hydrogens is 331 g/mol. The van der Waals surface area contributed by atoms with Gasteiger partial charge >= 0.3 is 36.8 Å². The summed E-state index contributed by atoms with van der Waals surface area (Å²) in [5.74, 6) is -6.87. The molecule has 0 fully saturated rings. The third-order valence-electron chi connectivity index (χ3n) is 3.43. The number of hydrogen-bond acceptors (Lipinski definition) is 6. The average molecular weight is 338 g/mol. The van der Waals surface area contributed by atoms with Crippen LogP contribution in [-0.4, -0.2) is 73.6 Å². The number of carbonyl (C=O) groups excluding carboxylic acids is 2. The first-order chi connectivity index (χ1) is 11.2. The number of aromatic carboxylic acids is 3. The van der Waals surface area contributed by atoms with Crippen LogP contribution < -0.4 is 0 Å². The van der Waals surface area contributed by atoms with Crippen molar-refractivity contribution < 1.29 is 39.3 Å². The molecule has 1 aliphatic carbocycles. The van der Waals surface area contributed by atoms with E-state index in [1.54, 1.807) is 0 Å². The molecule has 0 radical (unpaired) electrons. The predicted molar refractivity (Wildman–Crippen MR) is 80.7 cm³/mol. The molecule has 0 aliphatic heterocycles. The normalized spacial score (nSPS) is 12.0. The van der Waals surface area contributed by atoms with E-state index in [4.69, 9.17) is 10.2 Å². The molecule has 0 saturated carbocycles. The van der Waals surface area contributed by atoms with Gasteiger partial charge in [-0.2, -0.15) is 0 Å². The number of carbonyl (C=O) groups is 5. The van der Waals surface area contributed by atoms with Crippen molar-refractivity contribution in [2.75, 3.05) is 0 Å². The van der Waals surface area contributed by atoms with Crippen molar-refractivity contribution in [2.24, 2.45) is 0 Å². The van der Waals surface area contributed by atoms with Gasteiger partial charge in [-0.25, -0.2) is 19.4 Å². The number of aromatic amines is 1. The standard InChI is InChI=1S/C14H6N2O8.Li.H/c17-10-4-2-6(14(23)24)15-8(4)7-3(12(19)20)1-5(13(21)22)16-9(7)11(10)18;;/h1-2,15H,(H,19,20)(H,21,22)(H,23,24);;. The molecule has 0 bridgehead atoms. The van der Waals surface area contributed by atoms with Gasteiger partial charge in [-0.3, -0.25) is 9.59 Å². The topological polar surface area (TPSA) is 175 Å². The second-order valence-corrected chi connectivity index (χ2v) is 4.82. The van der Waals surface area contributed by atoms with Gasteiger partial charge in [-0.15, -0.1) is 0 Å². The number of carboxylic acid groups (broad SMARTS) is 3. The maximum atomic E-state index is 12.1. The molecule has 0 atom stereocenters. The molecule has 4 N–H and O–H groups in total. The Hall–Kier alpha value is -3.22. The summed E-state index contributed by atoms with van der Waals surface area (Å²) >= 11 is 0. The van der Waals surface area contributed by atoms with Crippen LogP contribution in [-0.2, 0) is 0 Å². The minimum absolute atomic E-state index is 0. The van der Waals surface area contributed by atoms with Crippen molar-refractivity contribution in [1.29, 1.82) is 0 Å². The van der Waals surface area contributed by atoms with Crippen LogP contribution in [0.25, 0.3) is 11.3 Å². The molecule has 25 heavy (non-hydrogen) atoms. The monoisotopic (exact) mass is 338 g/mol. The predicted octanol–water partition coefficient (Wildman–Crippen LogP) is -0.0982. The van der Waals surface area contributed by atoms with E-state index < -0.39 is 52.1 Å². The summed E-state index contributed by atoms with van der Waals surface area (Å²) in [6.45, 7) is 0. The van der Waals surface area contributed by atoms with Crippen molar-refractivity contribution in [3.8, 4) is 11.3 Å². The zero-order valence-corrected chi connectivity index (χ0v) is 11.5. The molecule has 2 heterocycles. The Morgan fingerprint density at radius 2 is 1.56 bits per heavy atom. The first-order valence-corrected chi connectivity index (χ1v) is 6.29. The number of ketones is 2. The Labute approximate surface area is 149 Å². The first-order valence-electron chi connectivity index (χ1n) is 6.29. The summed E-state index contributed by atoms with van der Waals surface area (Å²) in [6, 6.07) is 1.65. The van der Waals surface area contributed by atoms with Crippen molar-refractivity contribution in [3.05, 3.63) is 40.3 Å². The zero-order valence-electron chi connectivity index (χ0n) is 11.5. The number of carboxylic acids is 3. The number of Topliss-reactive ketones (excluding diaryl/α,β-unsaturated/α-hetero) is 2. The first kappa shape index (κ1) is 18.1.